The van der Waals surface area contributed by atoms with Crippen LogP contribution in [-0.2, 0) is 9.47 Å². The molecule has 0 bridgehead atoms. The molecule has 2 saturated heterocycles. The molecule has 4 heteroatoms. The lowest BCUT2D eigenvalue weighted by Crippen LogP contribution is -2.52. The van der Waals surface area contributed by atoms with E-state index in [1.807, 2.05) is 12.1 Å². The fraction of sp³-hybridized carbons (Fsp3) is 0.714. The first kappa shape index (κ1) is 12.2. The predicted octanol–water partition coefficient (Wildman–Crippen LogP) is 2.32. The smallest absolute Gasteiger partial charge is 0.217 e. The van der Waals surface area contributed by atoms with E-state index in [4.69, 9.17) is 13.9 Å². The zero-order valence-corrected chi connectivity index (χ0v) is 11.0. The molecule has 2 fully saturated rings. The van der Waals surface area contributed by atoms with Crippen LogP contribution in [0.5, 0.6) is 0 Å². The van der Waals surface area contributed by atoms with Gasteiger partial charge in [0.05, 0.1) is 33.0 Å². The summed E-state index contributed by atoms with van der Waals surface area (Å²) in [5, 5.41) is 0. The number of likely N-dealkylation sites (tertiary alicyclic amines) is 1. The summed E-state index contributed by atoms with van der Waals surface area (Å²) in [5.74, 6) is 0.777. The molecule has 0 aromatic carbocycles. The molecule has 2 aliphatic rings. The van der Waals surface area contributed by atoms with Crippen molar-refractivity contribution < 1.29 is 18.4 Å². The van der Waals surface area contributed by atoms with Gasteiger partial charge < -0.3 is 18.4 Å². The summed E-state index contributed by atoms with van der Waals surface area (Å²) in [7, 11) is 2.34. The Balaban J connectivity index is 1.56. The van der Waals surface area contributed by atoms with Gasteiger partial charge in [0.2, 0.25) is 6.29 Å². The van der Waals surface area contributed by atoms with E-state index in [1.54, 1.807) is 6.26 Å². The van der Waals surface area contributed by atoms with Crippen LogP contribution < -0.4 is 0 Å². The maximum Gasteiger partial charge on any atom is 0.217 e. The second-order valence-electron chi connectivity index (χ2n) is 5.75. The third-order valence-corrected chi connectivity index (χ3v) is 4.07. The Morgan fingerprint density at radius 1 is 1.28 bits per heavy atom. The molecular formula is C14H22NO3+. The zero-order valence-electron chi connectivity index (χ0n) is 11.0. The highest BCUT2D eigenvalue weighted by molar-refractivity contribution is 5.00. The van der Waals surface area contributed by atoms with Gasteiger partial charge in [-0.2, -0.15) is 0 Å². The molecule has 2 atom stereocenters. The van der Waals surface area contributed by atoms with Crippen LogP contribution in [0.3, 0.4) is 0 Å². The number of hydrogen-bond acceptors (Lipinski definition) is 3. The summed E-state index contributed by atoms with van der Waals surface area (Å²) >= 11 is 0. The lowest BCUT2D eigenvalue weighted by atomic mass is 10.1. The number of ether oxygens (including phenoxy) is 2. The van der Waals surface area contributed by atoms with Gasteiger partial charge in [0.1, 0.15) is 12.6 Å². The summed E-state index contributed by atoms with van der Waals surface area (Å²) in [5.41, 5.74) is 0. The van der Waals surface area contributed by atoms with Crippen LogP contribution in [0.2, 0.25) is 0 Å². The van der Waals surface area contributed by atoms with Crippen LogP contribution in [0.4, 0.5) is 0 Å². The van der Waals surface area contributed by atoms with Crippen LogP contribution in [0.15, 0.2) is 22.8 Å². The first-order valence-corrected chi connectivity index (χ1v) is 6.89. The Morgan fingerprint density at radius 2 is 2.11 bits per heavy atom. The second-order valence-corrected chi connectivity index (χ2v) is 5.75. The Morgan fingerprint density at radius 3 is 2.83 bits per heavy atom. The second kappa shape index (κ2) is 5.03. The van der Waals surface area contributed by atoms with E-state index in [1.165, 1.54) is 32.4 Å². The summed E-state index contributed by atoms with van der Waals surface area (Å²) in [4.78, 5) is 0. The van der Waals surface area contributed by atoms with Crippen LogP contribution in [0, 0.1) is 0 Å². The third kappa shape index (κ3) is 2.60. The molecule has 4 nitrogen and oxygen atoms in total. The fourth-order valence-electron chi connectivity index (χ4n) is 3.07. The van der Waals surface area contributed by atoms with Crippen LogP contribution >= 0.6 is 0 Å². The molecule has 3 rings (SSSR count). The summed E-state index contributed by atoms with van der Waals surface area (Å²) in [6.45, 7) is 4.27. The molecule has 1 aromatic heterocycles. The van der Waals surface area contributed by atoms with Gasteiger partial charge in [0.15, 0.2) is 5.76 Å². The lowest BCUT2D eigenvalue weighted by Gasteiger charge is -2.39. The van der Waals surface area contributed by atoms with Crippen LogP contribution in [0.25, 0.3) is 0 Å². The molecule has 18 heavy (non-hydrogen) atoms. The van der Waals surface area contributed by atoms with Gasteiger partial charge in [0, 0.05) is 0 Å². The number of hydrogen-bond donors (Lipinski definition) is 0. The minimum absolute atomic E-state index is 0.197. The molecule has 100 valence electrons. The highest BCUT2D eigenvalue weighted by atomic mass is 16.7. The van der Waals surface area contributed by atoms with Gasteiger partial charge in [0.25, 0.3) is 0 Å². The highest BCUT2D eigenvalue weighted by Gasteiger charge is 2.36. The Labute approximate surface area is 108 Å². The Hall–Kier alpha value is -0.840. The Bertz CT molecular complexity index is 370. The molecule has 1 aromatic rings. The Kier molecular flexibility index (Phi) is 3.41. The number of rotatable bonds is 3. The van der Waals surface area contributed by atoms with Crippen molar-refractivity contribution in [3.63, 3.8) is 0 Å². The first-order chi connectivity index (χ1) is 8.75. The van der Waals surface area contributed by atoms with Crippen molar-refractivity contribution in [3.8, 4) is 0 Å². The maximum atomic E-state index is 5.94. The van der Waals surface area contributed by atoms with Gasteiger partial charge in [-0.25, -0.2) is 0 Å². The molecule has 0 unspecified atom stereocenters. The number of likely N-dealkylation sites (N-methyl/N-ethyl adjacent to an activating group) is 1. The van der Waals surface area contributed by atoms with Crippen molar-refractivity contribution in [3.05, 3.63) is 24.2 Å². The lowest BCUT2D eigenvalue weighted by molar-refractivity contribution is -0.916. The van der Waals surface area contributed by atoms with Gasteiger partial charge in [-0.3, -0.25) is 0 Å². The van der Waals surface area contributed by atoms with E-state index in [2.05, 4.69) is 7.05 Å². The first-order valence-electron chi connectivity index (χ1n) is 6.89. The number of nitrogens with zero attached hydrogens (tertiary/aromatic N) is 1. The van der Waals surface area contributed by atoms with Crippen molar-refractivity contribution in [2.24, 2.45) is 0 Å². The minimum Gasteiger partial charge on any atom is -0.464 e. The third-order valence-electron chi connectivity index (χ3n) is 4.07. The van der Waals surface area contributed by atoms with Crippen LogP contribution in [-0.4, -0.2) is 43.9 Å². The normalized spacial score (nSPS) is 31.6. The number of furan rings is 1. The van der Waals surface area contributed by atoms with Crippen molar-refractivity contribution in [1.82, 2.24) is 0 Å². The summed E-state index contributed by atoms with van der Waals surface area (Å²) in [6, 6.07) is 3.78. The predicted molar refractivity (Wildman–Crippen MR) is 66.9 cm³/mol. The van der Waals surface area contributed by atoms with Crippen molar-refractivity contribution in [2.75, 3.05) is 33.3 Å². The van der Waals surface area contributed by atoms with Gasteiger partial charge in [-0.15, -0.1) is 0 Å². The van der Waals surface area contributed by atoms with Crippen LogP contribution in [0.1, 0.15) is 31.3 Å². The van der Waals surface area contributed by atoms with Crippen molar-refractivity contribution >= 4 is 0 Å². The highest BCUT2D eigenvalue weighted by Crippen LogP contribution is 2.29. The van der Waals surface area contributed by atoms with Gasteiger partial charge in [-0.1, -0.05) is 0 Å². The monoisotopic (exact) mass is 252 g/mol. The van der Waals surface area contributed by atoms with E-state index in [9.17, 15) is 0 Å². The standard InChI is InChI=1S/C14H22NO3/c1-15(7-3-2-4-8-15)10-12-11-17-14(18-12)13-6-5-9-16-13/h5-6,9,12,14H,2-4,7-8,10-11H2,1H3/q+1/t12-,14-/m0/s1. The van der Waals surface area contributed by atoms with Gasteiger partial charge in [-0.05, 0) is 31.4 Å². The number of piperidine rings is 1. The fourth-order valence-corrected chi connectivity index (χ4v) is 3.07. The maximum absolute atomic E-state index is 5.94. The quantitative estimate of drug-likeness (QED) is 0.774. The zero-order chi connectivity index (χ0) is 12.4. The molecule has 0 spiro atoms. The van der Waals surface area contributed by atoms with E-state index in [-0.39, 0.29) is 12.4 Å². The average molecular weight is 252 g/mol. The molecular weight excluding hydrogens is 230 g/mol. The van der Waals surface area contributed by atoms with Crippen molar-refractivity contribution in [1.29, 1.82) is 0 Å². The molecule has 2 aliphatic heterocycles. The number of quaternary nitrogens is 1. The molecule has 0 aliphatic carbocycles. The molecule has 0 radical (unpaired) electrons. The van der Waals surface area contributed by atoms with Gasteiger partial charge >= 0.3 is 0 Å². The molecule has 3 heterocycles. The van der Waals surface area contributed by atoms with E-state index in [0.29, 0.717) is 6.61 Å². The minimum atomic E-state index is -0.304. The molecule has 0 amide bonds. The van der Waals surface area contributed by atoms with Crippen molar-refractivity contribution in [2.45, 2.75) is 31.7 Å². The van der Waals surface area contributed by atoms with E-state index >= 15 is 0 Å². The molecule has 0 N–H and O–H groups in total. The topological polar surface area (TPSA) is 31.6 Å². The average Bonchev–Trinajstić information content (AvgIpc) is 2.99. The SMILES string of the molecule is C[N+]1(C[C@H]2CO[C@H](c3ccco3)O2)CCCCC1. The van der Waals surface area contributed by atoms with E-state index < -0.39 is 0 Å². The van der Waals surface area contributed by atoms with E-state index in [0.717, 1.165) is 16.8 Å². The summed E-state index contributed by atoms with van der Waals surface area (Å²) < 4.78 is 18.1. The summed E-state index contributed by atoms with van der Waals surface area (Å²) in [6.07, 6.45) is 5.61. The molecule has 0 saturated carbocycles. The largest absolute Gasteiger partial charge is 0.464 e.